The van der Waals surface area contributed by atoms with Gasteiger partial charge < -0.3 is 19.3 Å². The Kier molecular flexibility index (Phi) is 6.64. The lowest BCUT2D eigenvalue weighted by Crippen LogP contribution is -2.33. The maximum atomic E-state index is 12.9. The molecule has 0 N–H and O–H groups in total. The summed E-state index contributed by atoms with van der Waals surface area (Å²) in [6.07, 6.45) is 4.32. The van der Waals surface area contributed by atoms with E-state index in [0.29, 0.717) is 5.75 Å². The summed E-state index contributed by atoms with van der Waals surface area (Å²) in [5, 5.41) is 0. The molecule has 0 spiro atoms. The van der Waals surface area contributed by atoms with Crippen molar-refractivity contribution >= 4 is 34.2 Å². The molecule has 0 aromatic heterocycles. The maximum Gasteiger partial charge on any atom is 0.233 e. The predicted octanol–water partition coefficient (Wildman–Crippen LogP) is 3.48. The highest BCUT2D eigenvalue weighted by molar-refractivity contribution is 8.23. The Morgan fingerprint density at radius 2 is 1.96 bits per heavy atom. The molecule has 0 saturated carbocycles. The number of benzene rings is 1. The van der Waals surface area contributed by atoms with Crippen molar-refractivity contribution in [2.45, 2.75) is 31.7 Å². The van der Waals surface area contributed by atoms with E-state index in [1.165, 1.54) is 24.6 Å². The Bertz CT molecular complexity index is 662. The van der Waals surface area contributed by atoms with Crippen molar-refractivity contribution in [3.05, 3.63) is 23.8 Å². The molecule has 2 fully saturated rings. The number of thioether (sulfide) groups is 1. The quantitative estimate of drug-likeness (QED) is 0.713. The van der Waals surface area contributed by atoms with E-state index >= 15 is 0 Å². The van der Waals surface area contributed by atoms with Crippen molar-refractivity contribution in [2.24, 2.45) is 0 Å². The zero-order valence-electron chi connectivity index (χ0n) is 15.4. The van der Waals surface area contributed by atoms with Gasteiger partial charge in [-0.15, -0.1) is 0 Å². The number of likely N-dealkylation sites (tertiary alicyclic amines) is 2. The lowest BCUT2D eigenvalue weighted by atomic mass is 10.0. The highest BCUT2D eigenvalue weighted by atomic mass is 32.2. The molecule has 1 aromatic rings. The molecular weight excluding hydrogens is 368 g/mol. The first-order valence-electron chi connectivity index (χ1n) is 9.07. The van der Waals surface area contributed by atoms with E-state index in [0.717, 1.165) is 53.9 Å². The van der Waals surface area contributed by atoms with Crippen molar-refractivity contribution in [2.75, 3.05) is 39.6 Å². The van der Waals surface area contributed by atoms with Crippen LogP contribution in [0.1, 0.15) is 37.3 Å². The van der Waals surface area contributed by atoms with Crippen molar-refractivity contribution in [3.8, 4) is 11.5 Å². The van der Waals surface area contributed by atoms with Gasteiger partial charge in [0.25, 0.3) is 0 Å². The number of hydrogen-bond donors (Lipinski definition) is 0. The number of amides is 1. The van der Waals surface area contributed by atoms with E-state index in [4.69, 9.17) is 21.7 Å². The molecule has 2 aliphatic rings. The van der Waals surface area contributed by atoms with Gasteiger partial charge in [0.2, 0.25) is 5.91 Å². The molecule has 26 heavy (non-hydrogen) atoms. The maximum absolute atomic E-state index is 12.9. The van der Waals surface area contributed by atoms with Crippen LogP contribution in [0.3, 0.4) is 0 Å². The summed E-state index contributed by atoms with van der Waals surface area (Å²) in [5.74, 6) is 2.13. The molecule has 1 aromatic carbocycles. The zero-order chi connectivity index (χ0) is 18.5. The molecule has 2 heterocycles. The third-order valence-electron chi connectivity index (χ3n) is 5.05. The first-order chi connectivity index (χ1) is 12.6. The van der Waals surface area contributed by atoms with Crippen LogP contribution in [0.15, 0.2) is 18.2 Å². The standard InChI is InChI=1S/C19H26N2O3S2/c1-23-14-7-8-17(24-2)15(12-14)16-6-5-11-21(16)18(22)13-26-19(25)20-9-3-4-10-20/h7-8,12,16H,3-6,9-11,13H2,1-2H3/t16-/m0/s1. The third-order valence-corrected chi connectivity index (χ3v) is 6.56. The summed E-state index contributed by atoms with van der Waals surface area (Å²) >= 11 is 6.98. The number of methoxy groups -OCH3 is 2. The van der Waals surface area contributed by atoms with Crippen LogP contribution in [0.5, 0.6) is 11.5 Å². The summed E-state index contributed by atoms with van der Waals surface area (Å²) < 4.78 is 11.7. The van der Waals surface area contributed by atoms with Crippen LogP contribution >= 0.6 is 24.0 Å². The van der Waals surface area contributed by atoms with Crippen LogP contribution in [0.25, 0.3) is 0 Å². The predicted molar refractivity (Wildman–Crippen MR) is 109 cm³/mol. The van der Waals surface area contributed by atoms with Crippen LogP contribution < -0.4 is 9.47 Å². The average molecular weight is 395 g/mol. The SMILES string of the molecule is COc1ccc(OC)c([C@@H]2CCCN2C(=O)CSC(=S)N2CCCC2)c1. The lowest BCUT2D eigenvalue weighted by Gasteiger charge is -2.27. The van der Waals surface area contributed by atoms with Gasteiger partial charge in [-0.3, -0.25) is 4.79 Å². The van der Waals surface area contributed by atoms with Crippen molar-refractivity contribution in [1.82, 2.24) is 9.80 Å². The normalized spacial score (nSPS) is 19.7. The minimum absolute atomic E-state index is 0.0357. The highest BCUT2D eigenvalue weighted by Gasteiger charge is 2.32. The highest BCUT2D eigenvalue weighted by Crippen LogP contribution is 2.39. The van der Waals surface area contributed by atoms with Crippen molar-refractivity contribution in [1.29, 1.82) is 0 Å². The molecule has 1 amide bonds. The van der Waals surface area contributed by atoms with E-state index < -0.39 is 0 Å². The topological polar surface area (TPSA) is 42.0 Å². The Morgan fingerprint density at radius 3 is 2.65 bits per heavy atom. The van der Waals surface area contributed by atoms with Gasteiger partial charge in [0.1, 0.15) is 15.8 Å². The molecule has 0 unspecified atom stereocenters. The number of ether oxygens (including phenoxy) is 2. The fourth-order valence-corrected chi connectivity index (χ4v) is 4.82. The molecule has 142 valence electrons. The summed E-state index contributed by atoms with van der Waals surface area (Å²) in [6.45, 7) is 2.82. The summed E-state index contributed by atoms with van der Waals surface area (Å²) in [4.78, 5) is 17.0. The molecule has 7 heteroatoms. The molecule has 0 aliphatic carbocycles. The third kappa shape index (κ3) is 4.26. The van der Waals surface area contributed by atoms with E-state index in [1.807, 2.05) is 23.1 Å². The Labute approximate surface area is 165 Å². The van der Waals surface area contributed by atoms with Crippen LogP contribution in [-0.2, 0) is 4.79 Å². The van der Waals surface area contributed by atoms with Gasteiger partial charge in [0.15, 0.2) is 0 Å². The van der Waals surface area contributed by atoms with Crippen molar-refractivity contribution < 1.29 is 14.3 Å². The van der Waals surface area contributed by atoms with Crippen LogP contribution in [0.2, 0.25) is 0 Å². The molecule has 5 nitrogen and oxygen atoms in total. The summed E-state index contributed by atoms with van der Waals surface area (Å²) in [6, 6.07) is 5.81. The van der Waals surface area contributed by atoms with Gasteiger partial charge in [-0.2, -0.15) is 0 Å². The van der Waals surface area contributed by atoms with Crippen LogP contribution in [-0.4, -0.2) is 59.6 Å². The summed E-state index contributed by atoms with van der Waals surface area (Å²) in [7, 11) is 3.32. The molecule has 3 rings (SSSR count). The average Bonchev–Trinajstić information content (AvgIpc) is 3.37. The minimum Gasteiger partial charge on any atom is -0.497 e. The number of rotatable bonds is 5. The second-order valence-corrected chi connectivity index (χ2v) is 8.21. The van der Waals surface area contributed by atoms with Gasteiger partial charge in [-0.25, -0.2) is 0 Å². The molecule has 1 atom stereocenters. The van der Waals surface area contributed by atoms with Crippen molar-refractivity contribution in [3.63, 3.8) is 0 Å². The Morgan fingerprint density at radius 1 is 1.19 bits per heavy atom. The van der Waals surface area contributed by atoms with Gasteiger partial charge in [-0.05, 0) is 43.9 Å². The number of hydrogen-bond acceptors (Lipinski definition) is 5. The van der Waals surface area contributed by atoms with Gasteiger partial charge in [0, 0.05) is 25.2 Å². The number of carbonyl (C=O) groups excluding carboxylic acids is 1. The second-order valence-electron chi connectivity index (χ2n) is 6.60. The fraction of sp³-hybridized carbons (Fsp3) is 0.579. The number of thiocarbonyl (C=S) groups is 1. The van der Waals surface area contributed by atoms with Gasteiger partial charge in [-0.1, -0.05) is 24.0 Å². The zero-order valence-corrected chi connectivity index (χ0v) is 17.0. The van der Waals surface area contributed by atoms with E-state index in [1.54, 1.807) is 14.2 Å². The molecule has 0 bridgehead atoms. The Hall–Kier alpha value is -1.47. The largest absolute Gasteiger partial charge is 0.497 e. The van der Waals surface area contributed by atoms with Crippen LogP contribution in [0.4, 0.5) is 0 Å². The van der Waals surface area contributed by atoms with E-state index in [9.17, 15) is 4.79 Å². The Balaban J connectivity index is 1.67. The van der Waals surface area contributed by atoms with E-state index in [2.05, 4.69) is 4.90 Å². The van der Waals surface area contributed by atoms with Crippen LogP contribution in [0, 0.1) is 0 Å². The first-order valence-corrected chi connectivity index (χ1v) is 10.5. The van der Waals surface area contributed by atoms with E-state index in [-0.39, 0.29) is 11.9 Å². The smallest absolute Gasteiger partial charge is 0.233 e. The summed E-state index contributed by atoms with van der Waals surface area (Å²) in [5.41, 5.74) is 1.02. The lowest BCUT2D eigenvalue weighted by molar-refractivity contribution is -0.129. The molecular formula is C19H26N2O3S2. The monoisotopic (exact) mass is 394 g/mol. The minimum atomic E-state index is 0.0357. The molecule has 2 aliphatic heterocycles. The number of nitrogens with zero attached hydrogens (tertiary/aromatic N) is 2. The number of carbonyl (C=O) groups is 1. The van der Waals surface area contributed by atoms with Gasteiger partial charge >= 0.3 is 0 Å². The van der Waals surface area contributed by atoms with Gasteiger partial charge in [0.05, 0.1) is 26.0 Å². The fourth-order valence-electron chi connectivity index (χ4n) is 3.69. The molecule has 0 radical (unpaired) electrons. The molecule has 2 saturated heterocycles. The first kappa shape index (κ1) is 19.3. The second kappa shape index (κ2) is 8.95.